The first-order chi connectivity index (χ1) is 10.1. The first-order valence-electron chi connectivity index (χ1n) is 7.35. The number of rotatable bonds is 6. The van der Waals surface area contributed by atoms with Crippen LogP contribution in [0, 0.1) is 0 Å². The van der Waals surface area contributed by atoms with Crippen LogP contribution in [-0.2, 0) is 4.79 Å². The van der Waals surface area contributed by atoms with Gasteiger partial charge in [-0.3, -0.25) is 4.79 Å². The summed E-state index contributed by atoms with van der Waals surface area (Å²) in [5.41, 5.74) is 0.700. The van der Waals surface area contributed by atoms with Gasteiger partial charge in [-0.15, -0.1) is 0 Å². The number of methoxy groups -OCH3 is 1. The molecule has 0 saturated heterocycles. The fourth-order valence-electron chi connectivity index (χ4n) is 2.78. The standard InChI is InChI=1S/C16H24N2O3/c1-18(2)13-5-7-14(8-6-13)21-15-9-4-12(17-11-19)10-16(15)20-3/h4,9-11,13-14H,5-8H2,1-3H3,(H,17,19). The molecule has 0 aliphatic heterocycles. The molecule has 1 saturated carbocycles. The lowest BCUT2D eigenvalue weighted by Gasteiger charge is -2.33. The quantitative estimate of drug-likeness (QED) is 0.819. The second kappa shape index (κ2) is 7.31. The van der Waals surface area contributed by atoms with Gasteiger partial charge in [0.05, 0.1) is 13.2 Å². The average Bonchev–Trinajstić information content (AvgIpc) is 2.49. The molecule has 21 heavy (non-hydrogen) atoms. The summed E-state index contributed by atoms with van der Waals surface area (Å²) in [6, 6.07) is 6.10. The van der Waals surface area contributed by atoms with Gasteiger partial charge in [0, 0.05) is 17.8 Å². The molecule has 116 valence electrons. The maximum absolute atomic E-state index is 10.5. The van der Waals surface area contributed by atoms with Gasteiger partial charge in [0.25, 0.3) is 0 Å². The van der Waals surface area contributed by atoms with Gasteiger partial charge in [0.15, 0.2) is 11.5 Å². The summed E-state index contributed by atoms with van der Waals surface area (Å²) in [6.07, 6.45) is 5.31. The molecule has 0 bridgehead atoms. The summed E-state index contributed by atoms with van der Waals surface area (Å²) in [6.45, 7) is 0. The normalized spacial score (nSPS) is 21.9. The Bertz CT molecular complexity index is 469. The van der Waals surface area contributed by atoms with Crippen molar-refractivity contribution >= 4 is 12.1 Å². The molecule has 0 aromatic heterocycles. The van der Waals surface area contributed by atoms with Gasteiger partial charge < -0.3 is 19.7 Å². The molecule has 1 aliphatic rings. The van der Waals surface area contributed by atoms with E-state index in [4.69, 9.17) is 9.47 Å². The van der Waals surface area contributed by atoms with Gasteiger partial charge in [-0.25, -0.2) is 0 Å². The van der Waals surface area contributed by atoms with Crippen molar-refractivity contribution in [1.29, 1.82) is 0 Å². The second-order valence-electron chi connectivity index (χ2n) is 5.64. The molecule has 0 spiro atoms. The number of amides is 1. The van der Waals surface area contributed by atoms with Crippen LogP contribution >= 0.6 is 0 Å². The van der Waals surface area contributed by atoms with Crippen molar-refractivity contribution in [2.45, 2.75) is 37.8 Å². The highest BCUT2D eigenvalue weighted by Gasteiger charge is 2.24. The third-order valence-corrected chi connectivity index (χ3v) is 4.06. The van der Waals surface area contributed by atoms with Gasteiger partial charge in [-0.05, 0) is 51.9 Å². The molecule has 1 aliphatic carbocycles. The Morgan fingerprint density at radius 2 is 1.90 bits per heavy atom. The molecule has 0 atom stereocenters. The molecule has 1 fully saturated rings. The highest BCUT2D eigenvalue weighted by molar-refractivity contribution is 5.72. The van der Waals surface area contributed by atoms with Crippen LogP contribution in [0.2, 0.25) is 0 Å². The molecule has 0 unspecified atom stereocenters. The van der Waals surface area contributed by atoms with Crippen LogP contribution in [0.25, 0.3) is 0 Å². The lowest BCUT2D eigenvalue weighted by atomic mass is 9.92. The van der Waals surface area contributed by atoms with E-state index >= 15 is 0 Å². The monoisotopic (exact) mass is 292 g/mol. The fourth-order valence-corrected chi connectivity index (χ4v) is 2.78. The van der Waals surface area contributed by atoms with Crippen LogP contribution in [0.3, 0.4) is 0 Å². The molecule has 1 aromatic rings. The number of nitrogens with one attached hydrogen (secondary N) is 1. The zero-order valence-electron chi connectivity index (χ0n) is 13.0. The summed E-state index contributed by atoms with van der Waals surface area (Å²) in [5, 5.41) is 2.61. The van der Waals surface area contributed by atoms with Crippen LogP contribution in [0.1, 0.15) is 25.7 Å². The molecule has 0 heterocycles. The fraction of sp³-hybridized carbons (Fsp3) is 0.562. The second-order valence-corrected chi connectivity index (χ2v) is 5.64. The average molecular weight is 292 g/mol. The third-order valence-electron chi connectivity index (χ3n) is 4.06. The molecular formula is C16H24N2O3. The number of carbonyl (C=O) groups is 1. The van der Waals surface area contributed by atoms with Crippen LogP contribution < -0.4 is 14.8 Å². The van der Waals surface area contributed by atoms with Gasteiger partial charge in [0.1, 0.15) is 0 Å². The van der Waals surface area contributed by atoms with Crippen molar-refractivity contribution < 1.29 is 14.3 Å². The van der Waals surface area contributed by atoms with Crippen molar-refractivity contribution in [2.75, 3.05) is 26.5 Å². The van der Waals surface area contributed by atoms with Crippen molar-refractivity contribution in [1.82, 2.24) is 4.90 Å². The Hall–Kier alpha value is -1.75. The topological polar surface area (TPSA) is 50.8 Å². The largest absolute Gasteiger partial charge is 0.493 e. The Morgan fingerprint density at radius 3 is 2.48 bits per heavy atom. The maximum atomic E-state index is 10.5. The maximum Gasteiger partial charge on any atom is 0.211 e. The lowest BCUT2D eigenvalue weighted by molar-refractivity contribution is -0.105. The van der Waals surface area contributed by atoms with Crippen molar-refractivity contribution in [3.05, 3.63) is 18.2 Å². The van der Waals surface area contributed by atoms with Crippen LogP contribution in [0.4, 0.5) is 5.69 Å². The SMILES string of the molecule is COc1cc(NC=O)ccc1OC1CCC(N(C)C)CC1. The van der Waals surface area contributed by atoms with E-state index in [0.717, 1.165) is 31.4 Å². The third kappa shape index (κ3) is 4.11. The van der Waals surface area contributed by atoms with Crippen molar-refractivity contribution in [2.24, 2.45) is 0 Å². The Labute approximate surface area is 126 Å². The summed E-state index contributed by atoms with van der Waals surface area (Å²) >= 11 is 0. The number of benzene rings is 1. The first kappa shape index (κ1) is 15.6. The summed E-state index contributed by atoms with van der Waals surface area (Å²) in [5.74, 6) is 1.39. The molecular weight excluding hydrogens is 268 g/mol. The van der Waals surface area contributed by atoms with E-state index in [1.807, 2.05) is 12.1 Å². The number of hydrogen-bond acceptors (Lipinski definition) is 4. The number of anilines is 1. The summed E-state index contributed by atoms with van der Waals surface area (Å²) < 4.78 is 11.4. The van der Waals surface area contributed by atoms with Gasteiger partial charge in [-0.1, -0.05) is 0 Å². The van der Waals surface area contributed by atoms with Crippen LogP contribution in [-0.4, -0.2) is 44.7 Å². The van der Waals surface area contributed by atoms with Crippen LogP contribution in [0.5, 0.6) is 11.5 Å². The van der Waals surface area contributed by atoms with E-state index in [0.29, 0.717) is 23.9 Å². The molecule has 1 amide bonds. The van der Waals surface area contributed by atoms with E-state index in [-0.39, 0.29) is 6.10 Å². The van der Waals surface area contributed by atoms with Gasteiger partial charge in [0.2, 0.25) is 6.41 Å². The Balaban J connectivity index is 1.98. The predicted octanol–water partition coefficient (Wildman–Crippen LogP) is 2.52. The molecule has 1 N–H and O–H groups in total. The molecule has 2 rings (SSSR count). The molecule has 0 radical (unpaired) electrons. The zero-order chi connectivity index (χ0) is 15.2. The number of carbonyl (C=O) groups excluding carboxylic acids is 1. The zero-order valence-corrected chi connectivity index (χ0v) is 13.0. The minimum absolute atomic E-state index is 0.236. The van der Waals surface area contributed by atoms with Crippen molar-refractivity contribution in [3.63, 3.8) is 0 Å². The number of nitrogens with zero attached hydrogens (tertiary/aromatic N) is 1. The van der Waals surface area contributed by atoms with E-state index in [1.165, 1.54) is 0 Å². The predicted molar refractivity (Wildman–Crippen MR) is 83.0 cm³/mol. The number of hydrogen-bond donors (Lipinski definition) is 1. The lowest BCUT2D eigenvalue weighted by Crippen LogP contribution is -2.35. The van der Waals surface area contributed by atoms with Gasteiger partial charge >= 0.3 is 0 Å². The Morgan fingerprint density at radius 1 is 1.19 bits per heavy atom. The summed E-state index contributed by atoms with van der Waals surface area (Å²) in [7, 11) is 5.87. The number of ether oxygens (including phenoxy) is 2. The minimum atomic E-state index is 0.236. The first-order valence-corrected chi connectivity index (χ1v) is 7.35. The molecule has 5 heteroatoms. The van der Waals surface area contributed by atoms with Crippen LogP contribution in [0.15, 0.2) is 18.2 Å². The highest BCUT2D eigenvalue weighted by atomic mass is 16.5. The van der Waals surface area contributed by atoms with E-state index in [9.17, 15) is 4.79 Å². The van der Waals surface area contributed by atoms with E-state index in [2.05, 4.69) is 24.3 Å². The van der Waals surface area contributed by atoms with E-state index in [1.54, 1.807) is 13.2 Å². The minimum Gasteiger partial charge on any atom is -0.493 e. The molecule has 1 aromatic carbocycles. The molecule has 5 nitrogen and oxygen atoms in total. The van der Waals surface area contributed by atoms with Gasteiger partial charge in [-0.2, -0.15) is 0 Å². The highest BCUT2D eigenvalue weighted by Crippen LogP contribution is 2.33. The smallest absolute Gasteiger partial charge is 0.211 e. The summed E-state index contributed by atoms with van der Waals surface area (Å²) in [4.78, 5) is 12.8. The Kier molecular flexibility index (Phi) is 5.44. The van der Waals surface area contributed by atoms with E-state index < -0.39 is 0 Å². The van der Waals surface area contributed by atoms with Crippen molar-refractivity contribution in [3.8, 4) is 11.5 Å².